The van der Waals surface area contributed by atoms with E-state index in [1.54, 1.807) is 25.2 Å². The van der Waals surface area contributed by atoms with E-state index in [9.17, 15) is 44.7 Å². The maximum Gasteiger partial charge on any atom is 0.259 e. The zero-order valence-corrected chi connectivity index (χ0v) is 28.1. The predicted molar refractivity (Wildman–Crippen MR) is 180 cm³/mol. The van der Waals surface area contributed by atoms with Gasteiger partial charge in [-0.15, -0.1) is 0 Å². The lowest BCUT2D eigenvalue weighted by molar-refractivity contribution is 0.101. The number of rotatable bonds is 8. The number of hydrogen-bond acceptors (Lipinski definition) is 4. The van der Waals surface area contributed by atoms with E-state index in [0.717, 1.165) is 0 Å². The van der Waals surface area contributed by atoms with Crippen LogP contribution in [-0.2, 0) is 20.8 Å². The first-order valence-corrected chi connectivity index (χ1v) is 15.6. The molecule has 6 rings (SSSR count). The van der Waals surface area contributed by atoms with Gasteiger partial charge in [0.15, 0.2) is 23.3 Å². The Morgan fingerprint density at radius 3 is 1.53 bits per heavy atom. The van der Waals surface area contributed by atoms with Crippen molar-refractivity contribution in [1.29, 1.82) is 0 Å². The number of hydrogen-bond donors (Lipinski definition) is 2. The van der Waals surface area contributed by atoms with Crippen LogP contribution in [0.3, 0.4) is 0 Å². The molecule has 1 unspecified atom stereocenters. The molecule has 4 aromatic carbocycles. The second-order valence-electron chi connectivity index (χ2n) is 11.2. The molecule has 1 atom stereocenters. The zero-order chi connectivity index (χ0) is 38.6. The highest BCUT2D eigenvalue weighted by atomic mass is 35.5. The summed E-state index contributed by atoms with van der Waals surface area (Å²) >= 11 is 5.40. The normalized spacial score (nSPS) is 11.5. The van der Waals surface area contributed by atoms with E-state index in [-0.39, 0.29) is 56.1 Å². The summed E-state index contributed by atoms with van der Waals surface area (Å²) in [5.41, 5.74) is -2.29. The highest BCUT2D eigenvalue weighted by Crippen LogP contribution is 2.34. The first kappa shape index (κ1) is 38.2. The SMILES string of the molecule is Cn1cc(C(=O)Nc2ccccc2-c2cc(F)c(F)cc2F)c(C(F)Cl)n1.Cn1cc(C(=O)Nc2ccccc2-c2cc(F)c(F)cc2F)c(CF)n1. The van der Waals surface area contributed by atoms with Crippen molar-refractivity contribution in [2.75, 3.05) is 10.6 Å². The van der Waals surface area contributed by atoms with Crippen LogP contribution in [0.4, 0.5) is 46.5 Å². The van der Waals surface area contributed by atoms with Crippen molar-refractivity contribution in [3.8, 4) is 22.3 Å². The number of carbonyl (C=O) groups is 2. The van der Waals surface area contributed by atoms with Crippen molar-refractivity contribution < 1.29 is 44.7 Å². The topological polar surface area (TPSA) is 93.8 Å². The molecule has 0 aliphatic rings. The molecule has 0 aliphatic carbocycles. The van der Waals surface area contributed by atoms with Crippen molar-refractivity contribution in [3.05, 3.63) is 143 Å². The highest BCUT2D eigenvalue weighted by molar-refractivity contribution is 6.20. The molecule has 2 heterocycles. The maximum atomic E-state index is 14.1. The summed E-state index contributed by atoms with van der Waals surface area (Å²) in [6, 6.07) is 14.3. The molecule has 2 N–H and O–H groups in total. The van der Waals surface area contributed by atoms with E-state index >= 15 is 0 Å². The molecule has 6 aromatic rings. The lowest BCUT2D eigenvalue weighted by Gasteiger charge is -2.12. The van der Waals surface area contributed by atoms with Crippen LogP contribution in [0.15, 0.2) is 85.2 Å². The molecule has 0 saturated heterocycles. The smallest absolute Gasteiger partial charge is 0.259 e. The number of amides is 2. The summed E-state index contributed by atoms with van der Waals surface area (Å²) < 4.78 is 111. The van der Waals surface area contributed by atoms with Crippen molar-refractivity contribution in [2.24, 2.45) is 14.1 Å². The van der Waals surface area contributed by atoms with Gasteiger partial charge in [-0.2, -0.15) is 10.2 Å². The number of alkyl halides is 3. The number of nitrogens with zero attached hydrogens (tertiary/aromatic N) is 4. The average Bonchev–Trinajstić information content (AvgIpc) is 3.71. The molecule has 0 fully saturated rings. The molecule has 0 radical (unpaired) electrons. The standard InChI is InChI=1S/C18H12ClF4N3O.C18H13F4N3O/c1-26-8-11(16(25-26)17(19)23)18(27)24-15-5-3-2-4-9(15)10-6-13(21)14(22)7-12(10)20;1-25-9-12(17(8-19)24-25)18(26)23-16-5-3-2-4-10(16)11-6-14(21)15(22)7-13(11)20/h2-8,17H,1H3,(H,24,27);2-7,9H,8H2,1H3,(H,23,26). The Morgan fingerprint density at radius 1 is 0.642 bits per heavy atom. The van der Waals surface area contributed by atoms with E-state index in [4.69, 9.17) is 11.6 Å². The second kappa shape index (κ2) is 16.1. The fourth-order valence-corrected chi connectivity index (χ4v) is 5.32. The Morgan fingerprint density at radius 2 is 1.06 bits per heavy atom. The molecule has 53 heavy (non-hydrogen) atoms. The minimum atomic E-state index is -1.99. The Labute approximate surface area is 300 Å². The van der Waals surface area contributed by atoms with Crippen molar-refractivity contribution in [2.45, 2.75) is 12.3 Å². The molecule has 0 bridgehead atoms. The van der Waals surface area contributed by atoms with Crippen LogP contribution < -0.4 is 10.6 Å². The van der Waals surface area contributed by atoms with Gasteiger partial charge in [0.25, 0.3) is 11.8 Å². The molecule has 0 spiro atoms. The first-order chi connectivity index (χ1) is 25.2. The van der Waals surface area contributed by atoms with Crippen LogP contribution in [0.25, 0.3) is 22.3 Å². The molecule has 17 heteroatoms. The Kier molecular flexibility index (Phi) is 11.6. The van der Waals surface area contributed by atoms with Gasteiger partial charge in [0.2, 0.25) is 5.63 Å². The number of nitrogens with one attached hydrogen (secondary N) is 2. The van der Waals surface area contributed by atoms with Gasteiger partial charge in [-0.05, 0) is 24.3 Å². The van der Waals surface area contributed by atoms with E-state index < -0.39 is 59.0 Å². The Bertz CT molecular complexity index is 2330. The monoisotopic (exact) mass is 760 g/mol. The van der Waals surface area contributed by atoms with Crippen molar-refractivity contribution >= 4 is 34.8 Å². The van der Waals surface area contributed by atoms with Gasteiger partial charge in [-0.3, -0.25) is 19.0 Å². The van der Waals surface area contributed by atoms with Crippen molar-refractivity contribution in [3.63, 3.8) is 0 Å². The van der Waals surface area contributed by atoms with Crippen LogP contribution in [-0.4, -0.2) is 31.4 Å². The third kappa shape index (κ3) is 8.55. The molecule has 8 nitrogen and oxygen atoms in total. The van der Waals surface area contributed by atoms with Gasteiger partial charge in [0.05, 0.1) is 11.1 Å². The lowest BCUT2D eigenvalue weighted by atomic mass is 10.0. The van der Waals surface area contributed by atoms with Gasteiger partial charge in [0.1, 0.15) is 29.7 Å². The summed E-state index contributed by atoms with van der Waals surface area (Å²) in [5.74, 6) is -8.44. The van der Waals surface area contributed by atoms with Crippen LogP contribution in [0.5, 0.6) is 0 Å². The molecule has 2 amide bonds. The molecule has 2 aromatic heterocycles. The van der Waals surface area contributed by atoms with Gasteiger partial charge >= 0.3 is 0 Å². The molecular formula is C36H25ClF8N6O2. The van der Waals surface area contributed by atoms with Gasteiger partial charge in [-0.25, -0.2) is 35.1 Å². The Balaban J connectivity index is 0.000000204. The molecule has 0 saturated carbocycles. The van der Waals surface area contributed by atoms with Crippen molar-refractivity contribution in [1.82, 2.24) is 19.6 Å². The van der Waals surface area contributed by atoms with Gasteiger partial charge < -0.3 is 10.6 Å². The number of para-hydroxylation sites is 2. The minimum Gasteiger partial charge on any atom is -0.321 e. The maximum absolute atomic E-state index is 14.1. The Hall–Kier alpha value is -6.03. The summed E-state index contributed by atoms with van der Waals surface area (Å²) in [5, 5.41) is 12.7. The molecule has 274 valence electrons. The molecule has 0 aliphatic heterocycles. The predicted octanol–water partition coefficient (Wildman–Crippen LogP) is 9.19. The number of halogens is 9. The average molecular weight is 761 g/mol. The summed E-state index contributed by atoms with van der Waals surface area (Å²) in [6.45, 7) is -0.928. The third-order valence-electron chi connectivity index (χ3n) is 7.54. The van der Waals surface area contributed by atoms with Crippen LogP contribution in [0, 0.1) is 34.9 Å². The largest absolute Gasteiger partial charge is 0.321 e. The number of carbonyl (C=O) groups excluding carboxylic acids is 2. The van der Waals surface area contributed by atoms with E-state index in [2.05, 4.69) is 20.8 Å². The van der Waals surface area contributed by atoms with Gasteiger partial charge in [0, 0.05) is 72.3 Å². The number of anilines is 2. The van der Waals surface area contributed by atoms with Crippen LogP contribution >= 0.6 is 11.6 Å². The van der Waals surface area contributed by atoms with Crippen LogP contribution in [0.2, 0.25) is 0 Å². The minimum absolute atomic E-state index is 0.0237. The van der Waals surface area contributed by atoms with E-state index in [1.807, 2.05) is 0 Å². The number of aryl methyl sites for hydroxylation is 2. The summed E-state index contributed by atoms with van der Waals surface area (Å²) in [4.78, 5) is 25.0. The first-order valence-electron chi connectivity index (χ1n) is 15.2. The number of benzene rings is 4. The van der Waals surface area contributed by atoms with E-state index in [0.29, 0.717) is 24.3 Å². The fraction of sp³-hybridized carbons (Fsp3) is 0.111. The zero-order valence-electron chi connectivity index (χ0n) is 27.4. The van der Waals surface area contributed by atoms with Gasteiger partial charge in [-0.1, -0.05) is 48.0 Å². The summed E-state index contributed by atoms with van der Waals surface area (Å²) in [6.07, 6.45) is 2.63. The molecular weight excluding hydrogens is 736 g/mol. The van der Waals surface area contributed by atoms with E-state index in [1.165, 1.54) is 59.1 Å². The number of aromatic nitrogens is 4. The van der Waals surface area contributed by atoms with Crippen LogP contribution in [0.1, 0.15) is 37.7 Å². The third-order valence-corrected chi connectivity index (χ3v) is 7.74. The highest BCUT2D eigenvalue weighted by Gasteiger charge is 2.23. The lowest BCUT2D eigenvalue weighted by Crippen LogP contribution is -2.14. The second-order valence-corrected chi connectivity index (χ2v) is 11.6. The quantitative estimate of drug-likeness (QED) is 0.0920. The fourth-order valence-electron chi connectivity index (χ4n) is 5.16. The summed E-state index contributed by atoms with van der Waals surface area (Å²) in [7, 11) is 3.03.